The van der Waals surface area contributed by atoms with Gasteiger partial charge < -0.3 is 4.74 Å². The highest BCUT2D eigenvalue weighted by molar-refractivity contribution is 5.83. The van der Waals surface area contributed by atoms with Gasteiger partial charge >= 0.3 is 5.97 Å². The lowest BCUT2D eigenvalue weighted by atomic mass is 9.92. The molecule has 0 aliphatic heterocycles. The molecule has 3 nitrogen and oxygen atoms in total. The summed E-state index contributed by atoms with van der Waals surface area (Å²) in [6, 6.07) is 5.58. The standard InChI is InChI=1S/C13H15NO2/c1-10(12-7-2-3-8-14-12)16-13(15)9-11-5-4-6-11/h2-3,7-10H,4-6H2,1H3/t10-/m0/s1. The minimum Gasteiger partial charge on any atom is -0.453 e. The summed E-state index contributed by atoms with van der Waals surface area (Å²) in [7, 11) is 0. The SMILES string of the molecule is C[C@H](OC(=O)C=C1CCC1)c1ccccn1. The van der Waals surface area contributed by atoms with Gasteiger partial charge in [-0.25, -0.2) is 4.79 Å². The van der Waals surface area contributed by atoms with E-state index in [0.717, 1.165) is 18.5 Å². The Balaban J connectivity index is 1.92. The third-order valence-corrected chi connectivity index (χ3v) is 2.71. The second-order valence-electron chi connectivity index (χ2n) is 3.99. The van der Waals surface area contributed by atoms with E-state index in [4.69, 9.17) is 4.74 Å². The van der Waals surface area contributed by atoms with E-state index in [1.54, 1.807) is 12.3 Å². The largest absolute Gasteiger partial charge is 0.453 e. The quantitative estimate of drug-likeness (QED) is 0.577. The molecule has 16 heavy (non-hydrogen) atoms. The van der Waals surface area contributed by atoms with Crippen LogP contribution in [0.25, 0.3) is 0 Å². The average Bonchev–Trinajstić information content (AvgIpc) is 2.25. The Bertz CT molecular complexity index is 392. The molecule has 1 atom stereocenters. The fourth-order valence-corrected chi connectivity index (χ4v) is 1.58. The Hall–Kier alpha value is -1.64. The van der Waals surface area contributed by atoms with Crippen LogP contribution in [0.1, 0.15) is 38.0 Å². The number of ether oxygens (including phenoxy) is 1. The van der Waals surface area contributed by atoms with Crippen LogP contribution >= 0.6 is 0 Å². The van der Waals surface area contributed by atoms with E-state index >= 15 is 0 Å². The van der Waals surface area contributed by atoms with Crippen molar-refractivity contribution in [2.75, 3.05) is 0 Å². The monoisotopic (exact) mass is 217 g/mol. The summed E-state index contributed by atoms with van der Waals surface area (Å²) < 4.78 is 5.26. The first-order valence-corrected chi connectivity index (χ1v) is 5.56. The maximum absolute atomic E-state index is 11.5. The van der Waals surface area contributed by atoms with Crippen LogP contribution < -0.4 is 0 Å². The van der Waals surface area contributed by atoms with E-state index in [9.17, 15) is 4.79 Å². The Morgan fingerprint density at radius 3 is 2.88 bits per heavy atom. The van der Waals surface area contributed by atoms with E-state index in [-0.39, 0.29) is 12.1 Å². The Kier molecular flexibility index (Phi) is 3.34. The smallest absolute Gasteiger partial charge is 0.331 e. The second kappa shape index (κ2) is 4.92. The Morgan fingerprint density at radius 1 is 1.50 bits per heavy atom. The molecular formula is C13H15NO2. The molecule has 0 aromatic carbocycles. The van der Waals surface area contributed by atoms with Gasteiger partial charge in [-0.3, -0.25) is 4.98 Å². The summed E-state index contributed by atoms with van der Waals surface area (Å²) in [6.07, 6.45) is 6.29. The van der Waals surface area contributed by atoms with Gasteiger partial charge in [0.05, 0.1) is 5.69 Å². The second-order valence-corrected chi connectivity index (χ2v) is 3.99. The third kappa shape index (κ3) is 2.69. The van der Waals surface area contributed by atoms with Gasteiger partial charge in [0.1, 0.15) is 6.10 Å². The summed E-state index contributed by atoms with van der Waals surface area (Å²) in [6.45, 7) is 1.83. The lowest BCUT2D eigenvalue weighted by Crippen LogP contribution is -2.09. The molecule has 1 aliphatic carbocycles. The zero-order valence-corrected chi connectivity index (χ0v) is 9.35. The third-order valence-electron chi connectivity index (χ3n) is 2.71. The van der Waals surface area contributed by atoms with Crippen molar-refractivity contribution in [3.05, 3.63) is 41.7 Å². The molecule has 0 bridgehead atoms. The Labute approximate surface area is 95.2 Å². The van der Waals surface area contributed by atoms with Gasteiger partial charge in [0.15, 0.2) is 0 Å². The lowest BCUT2D eigenvalue weighted by molar-refractivity contribution is -0.142. The topological polar surface area (TPSA) is 39.2 Å². The number of rotatable bonds is 3. The van der Waals surface area contributed by atoms with Crippen molar-refractivity contribution in [1.82, 2.24) is 4.98 Å². The maximum Gasteiger partial charge on any atom is 0.331 e. The van der Waals surface area contributed by atoms with E-state index in [0.29, 0.717) is 0 Å². The molecule has 0 unspecified atom stereocenters. The van der Waals surface area contributed by atoms with Crippen molar-refractivity contribution in [3.8, 4) is 0 Å². The lowest BCUT2D eigenvalue weighted by Gasteiger charge is -2.16. The Morgan fingerprint density at radius 2 is 2.31 bits per heavy atom. The normalized spacial score (nSPS) is 16.2. The summed E-state index contributed by atoms with van der Waals surface area (Å²) in [5.74, 6) is -0.257. The molecule has 0 N–H and O–H groups in total. The van der Waals surface area contributed by atoms with E-state index in [1.807, 2.05) is 25.1 Å². The fourth-order valence-electron chi connectivity index (χ4n) is 1.58. The van der Waals surface area contributed by atoms with Crippen LogP contribution in [0.5, 0.6) is 0 Å². The van der Waals surface area contributed by atoms with Crippen molar-refractivity contribution in [2.24, 2.45) is 0 Å². The predicted octanol–water partition coefficient (Wildman–Crippen LogP) is 2.80. The molecule has 84 valence electrons. The van der Waals surface area contributed by atoms with E-state index < -0.39 is 0 Å². The highest BCUT2D eigenvalue weighted by Gasteiger charge is 2.14. The molecule has 3 heteroatoms. The van der Waals surface area contributed by atoms with Crippen LogP contribution in [-0.2, 0) is 9.53 Å². The van der Waals surface area contributed by atoms with Gasteiger partial charge in [-0.1, -0.05) is 11.6 Å². The molecule has 0 saturated heterocycles. The molecule has 2 rings (SSSR count). The molecule has 1 heterocycles. The van der Waals surface area contributed by atoms with Crippen LogP contribution in [0.15, 0.2) is 36.0 Å². The minimum atomic E-state index is -0.286. The molecule has 1 fully saturated rings. The van der Waals surface area contributed by atoms with Crippen LogP contribution in [0.4, 0.5) is 0 Å². The number of hydrogen-bond acceptors (Lipinski definition) is 3. The average molecular weight is 217 g/mol. The number of hydrogen-bond donors (Lipinski definition) is 0. The number of aromatic nitrogens is 1. The first kappa shape index (κ1) is 10.9. The van der Waals surface area contributed by atoms with Crippen LogP contribution in [-0.4, -0.2) is 11.0 Å². The van der Waals surface area contributed by atoms with Crippen molar-refractivity contribution in [2.45, 2.75) is 32.3 Å². The van der Waals surface area contributed by atoms with Crippen molar-refractivity contribution < 1.29 is 9.53 Å². The molecule has 1 aromatic heterocycles. The zero-order chi connectivity index (χ0) is 11.4. The summed E-state index contributed by atoms with van der Waals surface area (Å²) in [5.41, 5.74) is 1.97. The summed E-state index contributed by atoms with van der Waals surface area (Å²) in [4.78, 5) is 15.7. The summed E-state index contributed by atoms with van der Waals surface area (Å²) >= 11 is 0. The first-order valence-electron chi connectivity index (χ1n) is 5.56. The van der Waals surface area contributed by atoms with E-state index in [1.165, 1.54) is 12.0 Å². The highest BCUT2D eigenvalue weighted by Crippen LogP contribution is 2.25. The van der Waals surface area contributed by atoms with E-state index in [2.05, 4.69) is 4.98 Å². The zero-order valence-electron chi connectivity index (χ0n) is 9.35. The first-order chi connectivity index (χ1) is 7.75. The van der Waals surface area contributed by atoms with Gasteiger partial charge in [0, 0.05) is 12.3 Å². The predicted molar refractivity (Wildman–Crippen MR) is 60.7 cm³/mol. The van der Waals surface area contributed by atoms with Gasteiger partial charge in [-0.15, -0.1) is 0 Å². The number of carbonyl (C=O) groups excluding carboxylic acids is 1. The maximum atomic E-state index is 11.5. The molecule has 0 amide bonds. The van der Waals surface area contributed by atoms with Gasteiger partial charge in [0.25, 0.3) is 0 Å². The number of carbonyl (C=O) groups is 1. The van der Waals surface area contributed by atoms with Crippen LogP contribution in [0.3, 0.4) is 0 Å². The minimum absolute atomic E-state index is 0.257. The van der Waals surface area contributed by atoms with Crippen LogP contribution in [0.2, 0.25) is 0 Å². The number of nitrogens with zero attached hydrogens (tertiary/aromatic N) is 1. The molecular weight excluding hydrogens is 202 g/mol. The number of esters is 1. The molecule has 1 aliphatic rings. The fraction of sp³-hybridized carbons (Fsp3) is 0.385. The van der Waals surface area contributed by atoms with Gasteiger partial charge in [-0.2, -0.15) is 0 Å². The molecule has 1 aromatic rings. The van der Waals surface area contributed by atoms with Crippen molar-refractivity contribution >= 4 is 5.97 Å². The van der Waals surface area contributed by atoms with Gasteiger partial charge in [0.2, 0.25) is 0 Å². The van der Waals surface area contributed by atoms with Gasteiger partial charge in [-0.05, 0) is 38.3 Å². The molecule has 0 radical (unpaired) electrons. The highest BCUT2D eigenvalue weighted by atomic mass is 16.5. The van der Waals surface area contributed by atoms with Crippen molar-refractivity contribution in [1.29, 1.82) is 0 Å². The van der Waals surface area contributed by atoms with Crippen molar-refractivity contribution in [3.63, 3.8) is 0 Å². The molecule has 0 spiro atoms. The molecule has 1 saturated carbocycles. The summed E-state index contributed by atoms with van der Waals surface area (Å²) in [5, 5.41) is 0. The number of pyridine rings is 1. The number of allylic oxidation sites excluding steroid dienone is 1. The van der Waals surface area contributed by atoms with Crippen LogP contribution in [0, 0.1) is 0 Å².